The third kappa shape index (κ3) is 5.83. The first-order valence-electron chi connectivity index (χ1n) is 7.09. The van der Waals surface area contributed by atoms with Gasteiger partial charge in [0.15, 0.2) is 0 Å². The average molecular weight is 258 g/mol. The van der Waals surface area contributed by atoms with Crippen molar-refractivity contribution in [2.75, 3.05) is 33.3 Å². The van der Waals surface area contributed by atoms with Crippen molar-refractivity contribution >= 4 is 5.97 Å². The highest BCUT2D eigenvalue weighted by molar-refractivity contribution is 5.80. The molecular formula is C14H30N2O2. The summed E-state index contributed by atoms with van der Waals surface area (Å²) in [5.41, 5.74) is -0.544. The number of hydrogen-bond acceptors (Lipinski definition) is 4. The van der Waals surface area contributed by atoms with Crippen LogP contribution in [0.5, 0.6) is 0 Å². The summed E-state index contributed by atoms with van der Waals surface area (Å²) in [6, 6.07) is 0. The van der Waals surface area contributed by atoms with Crippen LogP contribution in [0.15, 0.2) is 0 Å². The summed E-state index contributed by atoms with van der Waals surface area (Å²) in [6.07, 6.45) is 2.84. The van der Waals surface area contributed by atoms with Crippen LogP contribution >= 0.6 is 0 Å². The first-order chi connectivity index (χ1) is 8.53. The van der Waals surface area contributed by atoms with Crippen LogP contribution in [0.4, 0.5) is 0 Å². The monoisotopic (exact) mass is 258 g/mol. The van der Waals surface area contributed by atoms with Gasteiger partial charge in [-0.25, -0.2) is 0 Å². The number of nitrogens with one attached hydrogen (secondary N) is 1. The molecule has 0 amide bonds. The first-order valence-corrected chi connectivity index (χ1v) is 7.09. The van der Waals surface area contributed by atoms with E-state index in [2.05, 4.69) is 31.0 Å². The zero-order chi connectivity index (χ0) is 14.0. The van der Waals surface area contributed by atoms with E-state index in [1.54, 1.807) is 0 Å². The maximum atomic E-state index is 11.9. The Morgan fingerprint density at radius 3 is 2.33 bits per heavy atom. The van der Waals surface area contributed by atoms with Crippen molar-refractivity contribution in [1.82, 2.24) is 10.2 Å². The first kappa shape index (κ1) is 17.4. The van der Waals surface area contributed by atoms with E-state index in [-0.39, 0.29) is 5.97 Å². The lowest BCUT2D eigenvalue weighted by molar-refractivity contribution is -0.148. The maximum Gasteiger partial charge on any atom is 0.325 e. The molecule has 1 unspecified atom stereocenters. The van der Waals surface area contributed by atoms with Gasteiger partial charge in [-0.15, -0.1) is 0 Å². The number of carbonyl (C=O) groups excluding carboxylic acids is 1. The third-order valence-corrected chi connectivity index (χ3v) is 3.45. The van der Waals surface area contributed by atoms with Gasteiger partial charge in [-0.1, -0.05) is 20.8 Å². The number of methoxy groups -OCH3 is 1. The minimum Gasteiger partial charge on any atom is -0.468 e. The van der Waals surface area contributed by atoms with Crippen LogP contribution in [0, 0.1) is 0 Å². The molecule has 1 N–H and O–H groups in total. The Bertz CT molecular complexity index is 230. The minimum atomic E-state index is -0.544. The molecule has 0 aromatic carbocycles. The predicted octanol–water partition coefficient (Wildman–Crippen LogP) is 2.04. The number of rotatable bonds is 10. The Morgan fingerprint density at radius 2 is 1.89 bits per heavy atom. The fraction of sp³-hybridized carbons (Fsp3) is 0.929. The molecule has 0 rings (SSSR count). The molecule has 0 aliphatic carbocycles. The summed E-state index contributed by atoms with van der Waals surface area (Å²) >= 11 is 0. The Labute approximate surface area is 112 Å². The molecule has 0 aliphatic heterocycles. The van der Waals surface area contributed by atoms with E-state index in [9.17, 15) is 4.79 Å². The van der Waals surface area contributed by atoms with E-state index < -0.39 is 5.54 Å². The van der Waals surface area contributed by atoms with Gasteiger partial charge in [-0.2, -0.15) is 0 Å². The van der Waals surface area contributed by atoms with Gasteiger partial charge in [0, 0.05) is 0 Å². The van der Waals surface area contributed by atoms with Gasteiger partial charge in [0.05, 0.1) is 7.11 Å². The van der Waals surface area contributed by atoms with Gasteiger partial charge in [0.25, 0.3) is 0 Å². The number of ether oxygens (including phenoxy) is 1. The highest BCUT2D eigenvalue weighted by Crippen LogP contribution is 2.15. The zero-order valence-electron chi connectivity index (χ0n) is 12.7. The minimum absolute atomic E-state index is 0.157. The maximum absolute atomic E-state index is 11.9. The van der Waals surface area contributed by atoms with Gasteiger partial charge >= 0.3 is 5.97 Å². The van der Waals surface area contributed by atoms with Crippen LogP contribution in [0.3, 0.4) is 0 Å². The van der Waals surface area contributed by atoms with E-state index >= 15 is 0 Å². The lowest BCUT2D eigenvalue weighted by atomic mass is 9.95. The van der Waals surface area contributed by atoms with Crippen molar-refractivity contribution in [2.24, 2.45) is 0 Å². The average Bonchev–Trinajstić information content (AvgIpc) is 2.40. The number of nitrogens with zero attached hydrogens (tertiary/aromatic N) is 1. The summed E-state index contributed by atoms with van der Waals surface area (Å²) < 4.78 is 4.91. The van der Waals surface area contributed by atoms with Crippen LogP contribution in [-0.2, 0) is 9.53 Å². The number of hydrogen-bond donors (Lipinski definition) is 1. The van der Waals surface area contributed by atoms with E-state index in [1.807, 2.05) is 6.92 Å². The molecule has 4 heteroatoms. The predicted molar refractivity (Wildman–Crippen MR) is 75.7 cm³/mol. The van der Waals surface area contributed by atoms with Gasteiger partial charge in [-0.3, -0.25) is 4.79 Å². The molecule has 0 saturated carbocycles. The van der Waals surface area contributed by atoms with Crippen molar-refractivity contribution in [2.45, 2.75) is 52.5 Å². The standard InChI is InChI=1S/C14H30N2O2/c1-6-11-15-14(4,13(17)18-5)10-9-12-16(7-2)8-3/h15H,6-12H2,1-5H3. The van der Waals surface area contributed by atoms with Gasteiger partial charge in [-0.05, 0) is 52.4 Å². The van der Waals surface area contributed by atoms with Gasteiger partial charge in [0.2, 0.25) is 0 Å². The molecule has 0 bridgehead atoms. The lowest BCUT2D eigenvalue weighted by Crippen LogP contribution is -2.50. The molecular weight excluding hydrogens is 228 g/mol. The largest absolute Gasteiger partial charge is 0.468 e. The lowest BCUT2D eigenvalue weighted by Gasteiger charge is -2.29. The van der Waals surface area contributed by atoms with Crippen LogP contribution in [0.25, 0.3) is 0 Å². The fourth-order valence-electron chi connectivity index (χ4n) is 2.08. The second-order valence-corrected chi connectivity index (χ2v) is 4.88. The van der Waals surface area contributed by atoms with Crippen molar-refractivity contribution in [3.8, 4) is 0 Å². The quantitative estimate of drug-likeness (QED) is 0.609. The summed E-state index contributed by atoms with van der Waals surface area (Å²) in [5, 5.41) is 3.31. The normalized spacial score (nSPS) is 14.6. The molecule has 108 valence electrons. The number of carbonyl (C=O) groups is 1. The molecule has 0 radical (unpaired) electrons. The van der Waals surface area contributed by atoms with E-state index in [4.69, 9.17) is 4.74 Å². The van der Waals surface area contributed by atoms with Crippen LogP contribution in [-0.4, -0.2) is 49.7 Å². The van der Waals surface area contributed by atoms with E-state index in [0.29, 0.717) is 0 Å². The van der Waals surface area contributed by atoms with Crippen LogP contribution in [0.1, 0.15) is 47.0 Å². The second kappa shape index (κ2) is 9.34. The topological polar surface area (TPSA) is 41.6 Å². The third-order valence-electron chi connectivity index (χ3n) is 3.45. The summed E-state index contributed by atoms with van der Waals surface area (Å²) in [4.78, 5) is 14.2. The summed E-state index contributed by atoms with van der Waals surface area (Å²) in [6.45, 7) is 12.4. The summed E-state index contributed by atoms with van der Waals surface area (Å²) in [5.74, 6) is -0.157. The van der Waals surface area contributed by atoms with Crippen molar-refractivity contribution in [3.63, 3.8) is 0 Å². The van der Waals surface area contributed by atoms with Gasteiger partial charge in [0.1, 0.15) is 5.54 Å². The van der Waals surface area contributed by atoms with E-state index in [1.165, 1.54) is 7.11 Å². The Morgan fingerprint density at radius 1 is 1.28 bits per heavy atom. The van der Waals surface area contributed by atoms with Crippen LogP contribution in [0.2, 0.25) is 0 Å². The molecule has 0 heterocycles. The highest BCUT2D eigenvalue weighted by Gasteiger charge is 2.32. The van der Waals surface area contributed by atoms with Crippen molar-refractivity contribution in [3.05, 3.63) is 0 Å². The molecule has 0 saturated heterocycles. The van der Waals surface area contributed by atoms with Crippen molar-refractivity contribution < 1.29 is 9.53 Å². The molecule has 0 aromatic heterocycles. The molecule has 18 heavy (non-hydrogen) atoms. The molecule has 0 aliphatic rings. The second-order valence-electron chi connectivity index (χ2n) is 4.88. The van der Waals surface area contributed by atoms with E-state index in [0.717, 1.165) is 45.4 Å². The fourth-order valence-corrected chi connectivity index (χ4v) is 2.08. The highest BCUT2D eigenvalue weighted by atomic mass is 16.5. The van der Waals surface area contributed by atoms with Gasteiger partial charge < -0.3 is 15.0 Å². The molecule has 4 nitrogen and oxygen atoms in total. The number of esters is 1. The molecule has 0 spiro atoms. The zero-order valence-corrected chi connectivity index (χ0v) is 12.7. The van der Waals surface area contributed by atoms with Crippen molar-refractivity contribution in [1.29, 1.82) is 0 Å². The SMILES string of the molecule is CCCNC(C)(CCCN(CC)CC)C(=O)OC. The summed E-state index contributed by atoms with van der Waals surface area (Å²) in [7, 11) is 1.46. The van der Waals surface area contributed by atoms with Crippen LogP contribution < -0.4 is 5.32 Å². The molecule has 0 aromatic rings. The Balaban J connectivity index is 4.28. The molecule has 1 atom stereocenters. The smallest absolute Gasteiger partial charge is 0.325 e. The molecule has 0 fully saturated rings. The Kier molecular flexibility index (Phi) is 9.02. The Hall–Kier alpha value is -0.610.